The third-order valence-electron chi connectivity index (χ3n) is 3.72. The zero-order valence-corrected chi connectivity index (χ0v) is 15.3. The number of aliphatic hydroxyl groups excluding tert-OH is 1. The number of non-ortho nitro benzene ring substituents is 1. The van der Waals surface area contributed by atoms with Crippen LogP contribution in [0.3, 0.4) is 0 Å². The number of carbonyl (C=O) groups is 2. The zero-order chi connectivity index (χ0) is 21.2. The zero-order valence-electron chi connectivity index (χ0n) is 15.3. The van der Waals surface area contributed by atoms with Crippen molar-refractivity contribution in [2.24, 2.45) is 0 Å². The molecule has 0 bridgehead atoms. The van der Waals surface area contributed by atoms with Crippen LogP contribution in [0.5, 0.6) is 0 Å². The standard InChI is InChI=1S/C19H18N4O6/c20-8-7-13-1-3-14(4-2-13)22-18(25)12-29-19(26)16-11-15(23(27)28)5-6-17(16)21-9-10-24/h1-6,11,21,24H,7,9-10,12H2,(H,22,25). The van der Waals surface area contributed by atoms with Crippen molar-refractivity contribution in [2.75, 3.05) is 30.4 Å². The molecule has 0 aliphatic heterocycles. The van der Waals surface area contributed by atoms with Gasteiger partial charge in [0.2, 0.25) is 0 Å². The fourth-order valence-electron chi connectivity index (χ4n) is 2.36. The number of aliphatic hydroxyl groups is 1. The average Bonchev–Trinajstić information content (AvgIpc) is 2.72. The van der Waals surface area contributed by atoms with E-state index in [0.717, 1.165) is 11.6 Å². The number of nitrogens with one attached hydrogen (secondary N) is 2. The van der Waals surface area contributed by atoms with Gasteiger partial charge in [-0.3, -0.25) is 14.9 Å². The Balaban J connectivity index is 2.01. The first-order chi connectivity index (χ1) is 13.9. The molecule has 2 rings (SSSR count). The topological polar surface area (TPSA) is 155 Å². The number of carbonyl (C=O) groups excluding carboxylic acids is 2. The molecule has 29 heavy (non-hydrogen) atoms. The molecule has 2 aromatic carbocycles. The van der Waals surface area contributed by atoms with E-state index < -0.39 is 23.4 Å². The van der Waals surface area contributed by atoms with E-state index in [1.54, 1.807) is 24.3 Å². The first kappa shape index (κ1) is 21.3. The van der Waals surface area contributed by atoms with Crippen LogP contribution in [-0.2, 0) is 16.0 Å². The molecule has 2 aromatic rings. The maximum Gasteiger partial charge on any atom is 0.341 e. The number of nitriles is 1. The lowest BCUT2D eigenvalue weighted by atomic mass is 10.1. The first-order valence-electron chi connectivity index (χ1n) is 8.50. The molecule has 10 nitrogen and oxygen atoms in total. The number of esters is 1. The molecule has 0 atom stereocenters. The summed E-state index contributed by atoms with van der Waals surface area (Å²) in [5, 5.41) is 33.8. The van der Waals surface area contributed by atoms with Gasteiger partial charge in [0, 0.05) is 30.1 Å². The minimum atomic E-state index is -0.923. The highest BCUT2D eigenvalue weighted by molar-refractivity contribution is 5.99. The Kier molecular flexibility index (Phi) is 7.64. The summed E-state index contributed by atoms with van der Waals surface area (Å²) in [5.74, 6) is -1.52. The van der Waals surface area contributed by atoms with E-state index >= 15 is 0 Å². The first-order valence-corrected chi connectivity index (χ1v) is 8.50. The van der Waals surface area contributed by atoms with Crippen molar-refractivity contribution in [3.8, 4) is 6.07 Å². The number of hydrogen-bond acceptors (Lipinski definition) is 8. The van der Waals surface area contributed by atoms with Gasteiger partial charge in [-0.05, 0) is 23.8 Å². The van der Waals surface area contributed by atoms with Gasteiger partial charge < -0.3 is 20.5 Å². The Morgan fingerprint density at radius 1 is 1.21 bits per heavy atom. The van der Waals surface area contributed by atoms with Gasteiger partial charge in [0.1, 0.15) is 0 Å². The van der Waals surface area contributed by atoms with Crippen LogP contribution >= 0.6 is 0 Å². The number of nitro groups is 1. The van der Waals surface area contributed by atoms with Gasteiger partial charge in [0.05, 0.1) is 29.6 Å². The van der Waals surface area contributed by atoms with Gasteiger partial charge in [0.15, 0.2) is 6.61 Å². The Labute approximate surface area is 165 Å². The second kappa shape index (κ2) is 10.4. The van der Waals surface area contributed by atoms with E-state index in [9.17, 15) is 19.7 Å². The SMILES string of the molecule is N#CCc1ccc(NC(=O)COC(=O)c2cc([N+](=O)[O-])ccc2NCCO)cc1. The highest BCUT2D eigenvalue weighted by Gasteiger charge is 2.19. The van der Waals surface area contributed by atoms with Crippen molar-refractivity contribution < 1.29 is 24.4 Å². The van der Waals surface area contributed by atoms with Crippen molar-refractivity contribution in [1.82, 2.24) is 0 Å². The number of benzene rings is 2. The van der Waals surface area contributed by atoms with E-state index in [2.05, 4.69) is 10.6 Å². The highest BCUT2D eigenvalue weighted by Crippen LogP contribution is 2.23. The fraction of sp³-hybridized carbons (Fsp3) is 0.211. The number of ether oxygens (including phenoxy) is 1. The Morgan fingerprint density at radius 3 is 2.55 bits per heavy atom. The third-order valence-corrected chi connectivity index (χ3v) is 3.72. The number of nitro benzene ring substituents is 1. The monoisotopic (exact) mass is 398 g/mol. The molecule has 0 fully saturated rings. The van der Waals surface area contributed by atoms with Crippen molar-refractivity contribution in [3.63, 3.8) is 0 Å². The lowest BCUT2D eigenvalue weighted by molar-refractivity contribution is -0.384. The van der Waals surface area contributed by atoms with Crippen LogP contribution in [0.15, 0.2) is 42.5 Å². The van der Waals surface area contributed by atoms with Crippen LogP contribution in [-0.4, -0.2) is 41.7 Å². The van der Waals surface area contributed by atoms with Crippen LogP contribution in [0.2, 0.25) is 0 Å². The van der Waals surface area contributed by atoms with E-state index in [0.29, 0.717) is 5.69 Å². The van der Waals surface area contributed by atoms with E-state index in [1.165, 1.54) is 12.1 Å². The maximum absolute atomic E-state index is 12.3. The van der Waals surface area contributed by atoms with Crippen molar-refractivity contribution >= 4 is 28.9 Å². The highest BCUT2D eigenvalue weighted by atomic mass is 16.6. The summed E-state index contributed by atoms with van der Waals surface area (Å²) < 4.78 is 4.96. The van der Waals surface area contributed by atoms with E-state index in [-0.39, 0.29) is 36.5 Å². The van der Waals surface area contributed by atoms with Crippen molar-refractivity contribution in [2.45, 2.75) is 6.42 Å². The quantitative estimate of drug-likeness (QED) is 0.328. The summed E-state index contributed by atoms with van der Waals surface area (Å²) in [6, 6.07) is 12.2. The molecule has 10 heteroatoms. The normalized spacial score (nSPS) is 9.93. The molecule has 0 aliphatic carbocycles. The summed E-state index contributed by atoms with van der Waals surface area (Å²) in [7, 11) is 0. The second-order valence-corrected chi connectivity index (χ2v) is 5.79. The Morgan fingerprint density at radius 2 is 1.93 bits per heavy atom. The second-order valence-electron chi connectivity index (χ2n) is 5.79. The predicted octanol–water partition coefficient (Wildman–Crippen LogP) is 1.86. The van der Waals surface area contributed by atoms with Gasteiger partial charge in [-0.15, -0.1) is 0 Å². The van der Waals surface area contributed by atoms with E-state index in [4.69, 9.17) is 15.1 Å². The van der Waals surface area contributed by atoms with Crippen LogP contribution in [0.4, 0.5) is 17.1 Å². The molecule has 0 heterocycles. The maximum atomic E-state index is 12.3. The van der Waals surface area contributed by atoms with Gasteiger partial charge in [0.25, 0.3) is 11.6 Å². The fourth-order valence-corrected chi connectivity index (χ4v) is 2.36. The number of hydrogen-bond donors (Lipinski definition) is 3. The minimum absolute atomic E-state index is 0.124. The lowest BCUT2D eigenvalue weighted by Gasteiger charge is -2.11. The molecule has 0 unspecified atom stereocenters. The molecule has 0 radical (unpaired) electrons. The van der Waals surface area contributed by atoms with Gasteiger partial charge in [-0.25, -0.2) is 4.79 Å². The number of anilines is 2. The molecule has 3 N–H and O–H groups in total. The Hall–Kier alpha value is -3.97. The number of rotatable bonds is 9. The molecular weight excluding hydrogens is 380 g/mol. The summed E-state index contributed by atoms with van der Waals surface area (Å²) in [4.78, 5) is 34.6. The molecule has 0 aromatic heterocycles. The summed E-state index contributed by atoms with van der Waals surface area (Å²) in [5.41, 5.74) is 1.07. The van der Waals surface area contributed by atoms with Crippen LogP contribution < -0.4 is 10.6 Å². The molecule has 0 spiro atoms. The smallest absolute Gasteiger partial charge is 0.341 e. The summed E-state index contributed by atoms with van der Waals surface area (Å²) in [6.07, 6.45) is 0.252. The third kappa shape index (κ3) is 6.30. The molecular formula is C19H18N4O6. The molecule has 150 valence electrons. The van der Waals surface area contributed by atoms with Gasteiger partial charge in [-0.1, -0.05) is 12.1 Å². The number of nitrogens with zero attached hydrogens (tertiary/aromatic N) is 2. The number of amides is 1. The predicted molar refractivity (Wildman–Crippen MR) is 103 cm³/mol. The van der Waals surface area contributed by atoms with Crippen LogP contribution in [0.25, 0.3) is 0 Å². The van der Waals surface area contributed by atoms with Gasteiger partial charge in [-0.2, -0.15) is 5.26 Å². The van der Waals surface area contributed by atoms with E-state index in [1.807, 2.05) is 6.07 Å². The minimum Gasteiger partial charge on any atom is -0.452 e. The largest absolute Gasteiger partial charge is 0.452 e. The van der Waals surface area contributed by atoms with Crippen molar-refractivity contribution in [3.05, 3.63) is 63.7 Å². The average molecular weight is 398 g/mol. The summed E-state index contributed by atoms with van der Waals surface area (Å²) >= 11 is 0. The summed E-state index contributed by atoms with van der Waals surface area (Å²) in [6.45, 7) is -0.678. The van der Waals surface area contributed by atoms with Gasteiger partial charge >= 0.3 is 5.97 Å². The lowest BCUT2D eigenvalue weighted by Crippen LogP contribution is -2.21. The Bertz CT molecular complexity index is 937. The van der Waals surface area contributed by atoms with Crippen molar-refractivity contribution in [1.29, 1.82) is 5.26 Å². The molecule has 0 aliphatic rings. The molecule has 1 amide bonds. The van der Waals surface area contributed by atoms with Crippen LogP contribution in [0.1, 0.15) is 15.9 Å². The molecule has 0 saturated carbocycles. The molecule has 0 saturated heterocycles. The van der Waals surface area contributed by atoms with Crippen LogP contribution in [0, 0.1) is 21.4 Å².